The summed E-state index contributed by atoms with van der Waals surface area (Å²) in [7, 11) is 0. The summed E-state index contributed by atoms with van der Waals surface area (Å²) in [5, 5.41) is 11.9. The number of hydrogen-bond donors (Lipinski definition) is 2. The number of phenols is 1. The van der Waals surface area contributed by atoms with Crippen molar-refractivity contribution in [2.24, 2.45) is 0 Å². The van der Waals surface area contributed by atoms with Crippen LogP contribution in [-0.2, 0) is 9.59 Å². The van der Waals surface area contributed by atoms with Crippen molar-refractivity contribution >= 4 is 64.0 Å². The molecule has 0 atom stereocenters. The van der Waals surface area contributed by atoms with E-state index < -0.39 is 23.6 Å². The molecule has 0 saturated heterocycles. The highest BCUT2D eigenvalue weighted by molar-refractivity contribution is 6.53. The number of esters is 1. The van der Waals surface area contributed by atoms with Crippen LogP contribution >= 0.6 is 34.8 Å². The molecule has 0 unspecified atom stereocenters. The summed E-state index contributed by atoms with van der Waals surface area (Å²) in [6, 6.07) is 13.2. The maximum atomic E-state index is 13.4. The van der Waals surface area contributed by atoms with Gasteiger partial charge in [-0.1, -0.05) is 34.8 Å². The van der Waals surface area contributed by atoms with Gasteiger partial charge in [0, 0.05) is 11.8 Å². The third-order valence-electron chi connectivity index (χ3n) is 4.71. The Hall–Kier alpha value is -3.59. The lowest BCUT2D eigenvalue weighted by Gasteiger charge is -2.15. The number of hydrogen-bond acceptors (Lipinski definition) is 6. The molecule has 4 rings (SSSR count). The number of halogens is 4. The number of benzene rings is 3. The fourth-order valence-electron chi connectivity index (χ4n) is 3.03. The Morgan fingerprint density at radius 1 is 0.912 bits per heavy atom. The quantitative estimate of drug-likeness (QED) is 0.262. The van der Waals surface area contributed by atoms with E-state index in [0.29, 0.717) is 5.69 Å². The fraction of sp³-hybridized carbons (Fsp3) is 0. The van der Waals surface area contributed by atoms with Gasteiger partial charge in [-0.05, 0) is 54.6 Å². The third kappa shape index (κ3) is 4.56. The van der Waals surface area contributed by atoms with Crippen LogP contribution in [0.3, 0.4) is 0 Å². The van der Waals surface area contributed by atoms with Gasteiger partial charge in [0.2, 0.25) is 0 Å². The van der Waals surface area contributed by atoms with Crippen molar-refractivity contribution in [3.8, 4) is 11.5 Å². The molecule has 2 amide bonds. The zero-order valence-corrected chi connectivity index (χ0v) is 19.1. The largest absolute Gasteiger partial charge is 0.506 e. The SMILES string of the molecule is O=C(Oc1ccc(Cl)c(O)c1)c1ccc(NC2=C(Cl)C(=O)N(c3ccc(F)c(Cl)c3)C2=O)cc1. The number of ether oxygens (including phenoxy) is 1. The van der Waals surface area contributed by atoms with Crippen molar-refractivity contribution in [3.63, 3.8) is 0 Å². The van der Waals surface area contributed by atoms with Crippen LogP contribution in [0.15, 0.2) is 71.4 Å². The maximum absolute atomic E-state index is 13.4. The van der Waals surface area contributed by atoms with Crippen molar-refractivity contribution in [1.29, 1.82) is 0 Å². The molecule has 0 bridgehead atoms. The first kappa shape index (κ1) is 23.6. The Bertz CT molecular complexity index is 1380. The molecule has 0 spiro atoms. The first-order valence-electron chi connectivity index (χ1n) is 9.47. The lowest BCUT2D eigenvalue weighted by atomic mass is 10.2. The van der Waals surface area contributed by atoms with Gasteiger partial charge in [-0.2, -0.15) is 0 Å². The van der Waals surface area contributed by atoms with E-state index >= 15 is 0 Å². The predicted octanol–water partition coefficient (Wildman–Crippen LogP) is 5.49. The second-order valence-electron chi connectivity index (χ2n) is 6.94. The molecule has 0 saturated carbocycles. The minimum absolute atomic E-state index is 0.0580. The Balaban J connectivity index is 1.48. The molecule has 172 valence electrons. The fourth-order valence-corrected chi connectivity index (χ4v) is 3.53. The topological polar surface area (TPSA) is 95.9 Å². The second-order valence-corrected chi connectivity index (χ2v) is 8.13. The summed E-state index contributed by atoms with van der Waals surface area (Å²) in [5.74, 6) is -3.09. The van der Waals surface area contributed by atoms with Crippen molar-refractivity contribution < 1.29 is 28.6 Å². The number of carbonyl (C=O) groups is 3. The van der Waals surface area contributed by atoms with E-state index in [0.717, 1.165) is 17.0 Å². The summed E-state index contributed by atoms with van der Waals surface area (Å²) in [4.78, 5) is 38.4. The molecule has 34 heavy (non-hydrogen) atoms. The van der Waals surface area contributed by atoms with Gasteiger partial charge in [0.1, 0.15) is 28.0 Å². The van der Waals surface area contributed by atoms with Crippen molar-refractivity contribution in [2.45, 2.75) is 0 Å². The van der Waals surface area contributed by atoms with Gasteiger partial charge in [0.25, 0.3) is 11.8 Å². The van der Waals surface area contributed by atoms with Gasteiger partial charge < -0.3 is 15.2 Å². The van der Waals surface area contributed by atoms with E-state index in [9.17, 15) is 23.9 Å². The number of aromatic hydroxyl groups is 1. The first-order chi connectivity index (χ1) is 16.2. The molecule has 0 radical (unpaired) electrons. The number of amides is 2. The highest BCUT2D eigenvalue weighted by Gasteiger charge is 2.39. The molecule has 0 fully saturated rings. The number of nitrogens with one attached hydrogen (secondary N) is 1. The zero-order chi connectivity index (χ0) is 24.6. The summed E-state index contributed by atoms with van der Waals surface area (Å²) in [5.41, 5.74) is 0.396. The number of nitrogens with zero attached hydrogens (tertiary/aromatic N) is 1. The number of rotatable bonds is 5. The van der Waals surface area contributed by atoms with Crippen LogP contribution in [-0.4, -0.2) is 22.9 Å². The molecule has 3 aromatic rings. The smallest absolute Gasteiger partial charge is 0.343 e. The molecule has 11 heteroatoms. The lowest BCUT2D eigenvalue weighted by molar-refractivity contribution is -0.120. The van der Waals surface area contributed by atoms with E-state index in [1.807, 2.05) is 0 Å². The molecule has 7 nitrogen and oxygen atoms in total. The number of anilines is 2. The number of phenolic OH excluding ortho intramolecular Hbond substituents is 1. The zero-order valence-electron chi connectivity index (χ0n) is 16.8. The average molecular weight is 522 g/mol. The predicted molar refractivity (Wildman–Crippen MR) is 125 cm³/mol. The molecule has 0 aromatic heterocycles. The van der Waals surface area contributed by atoms with E-state index in [4.69, 9.17) is 39.5 Å². The van der Waals surface area contributed by atoms with Crippen LogP contribution in [0.2, 0.25) is 10.0 Å². The highest BCUT2D eigenvalue weighted by Crippen LogP contribution is 2.32. The Morgan fingerprint density at radius 3 is 2.26 bits per heavy atom. The third-order valence-corrected chi connectivity index (χ3v) is 5.67. The maximum Gasteiger partial charge on any atom is 0.343 e. The van der Waals surface area contributed by atoms with Crippen molar-refractivity contribution in [1.82, 2.24) is 0 Å². The van der Waals surface area contributed by atoms with Gasteiger partial charge in [0.05, 0.1) is 21.3 Å². The first-order valence-corrected chi connectivity index (χ1v) is 10.6. The minimum Gasteiger partial charge on any atom is -0.506 e. The van der Waals surface area contributed by atoms with Crippen molar-refractivity contribution in [3.05, 3.63) is 92.8 Å². The van der Waals surface area contributed by atoms with Crippen LogP contribution < -0.4 is 15.0 Å². The summed E-state index contributed by atoms with van der Waals surface area (Å²) in [6.07, 6.45) is 0. The Labute approximate surface area is 206 Å². The number of imide groups is 1. The van der Waals surface area contributed by atoms with E-state index in [2.05, 4.69) is 5.32 Å². The van der Waals surface area contributed by atoms with E-state index in [-0.39, 0.29) is 43.5 Å². The second kappa shape index (κ2) is 9.34. The Kier molecular flexibility index (Phi) is 6.47. The summed E-state index contributed by atoms with van der Waals surface area (Å²) >= 11 is 17.6. The Morgan fingerprint density at radius 2 is 1.62 bits per heavy atom. The van der Waals surface area contributed by atoms with Crippen LogP contribution in [0.25, 0.3) is 0 Å². The summed E-state index contributed by atoms with van der Waals surface area (Å²) in [6.45, 7) is 0. The van der Waals surface area contributed by atoms with E-state index in [1.165, 1.54) is 48.5 Å². The lowest BCUT2D eigenvalue weighted by Crippen LogP contribution is -2.32. The number of carbonyl (C=O) groups excluding carboxylic acids is 3. The monoisotopic (exact) mass is 520 g/mol. The van der Waals surface area contributed by atoms with Gasteiger partial charge >= 0.3 is 5.97 Å². The molecule has 2 N–H and O–H groups in total. The molecule has 3 aromatic carbocycles. The molecular formula is C23H12Cl3FN2O5. The highest BCUT2D eigenvalue weighted by atomic mass is 35.5. The molecular weight excluding hydrogens is 510 g/mol. The van der Waals surface area contributed by atoms with Crippen LogP contribution in [0.5, 0.6) is 11.5 Å². The van der Waals surface area contributed by atoms with Gasteiger partial charge in [-0.25, -0.2) is 14.1 Å². The summed E-state index contributed by atoms with van der Waals surface area (Å²) < 4.78 is 18.6. The normalized spacial score (nSPS) is 13.5. The van der Waals surface area contributed by atoms with Gasteiger partial charge in [-0.15, -0.1) is 0 Å². The minimum atomic E-state index is -0.803. The van der Waals surface area contributed by atoms with Gasteiger partial charge in [-0.3, -0.25) is 9.59 Å². The molecule has 1 aliphatic rings. The molecule has 0 aliphatic carbocycles. The van der Waals surface area contributed by atoms with Crippen LogP contribution in [0, 0.1) is 5.82 Å². The van der Waals surface area contributed by atoms with Crippen LogP contribution in [0.4, 0.5) is 15.8 Å². The molecule has 1 aliphatic heterocycles. The molecule has 1 heterocycles. The van der Waals surface area contributed by atoms with Crippen LogP contribution in [0.1, 0.15) is 10.4 Å². The van der Waals surface area contributed by atoms with Crippen molar-refractivity contribution in [2.75, 3.05) is 10.2 Å². The van der Waals surface area contributed by atoms with E-state index in [1.54, 1.807) is 0 Å². The van der Waals surface area contributed by atoms with Gasteiger partial charge in [0.15, 0.2) is 0 Å². The average Bonchev–Trinajstić information content (AvgIpc) is 3.02. The standard InChI is InChI=1S/C23H12Cl3FN2O5/c24-15-7-6-14(10-18(15)30)34-23(33)11-1-3-12(4-2-11)28-20-19(26)21(31)29(22(20)32)13-5-8-17(27)16(25)9-13/h1-10,28,30H.